The summed E-state index contributed by atoms with van der Waals surface area (Å²) < 4.78 is 5.19. The van der Waals surface area contributed by atoms with Gasteiger partial charge < -0.3 is 14.7 Å². The molecule has 4 rings (SSSR count). The van der Waals surface area contributed by atoms with Crippen molar-refractivity contribution in [1.29, 1.82) is 0 Å². The van der Waals surface area contributed by atoms with Gasteiger partial charge in [0.1, 0.15) is 11.3 Å². The van der Waals surface area contributed by atoms with Crippen molar-refractivity contribution in [2.24, 2.45) is 5.92 Å². The van der Waals surface area contributed by atoms with E-state index in [-0.39, 0.29) is 30.3 Å². The molecule has 0 saturated carbocycles. The molecule has 2 aromatic rings. The summed E-state index contributed by atoms with van der Waals surface area (Å²) in [6.45, 7) is 4.72. The molecule has 3 heterocycles. The lowest BCUT2D eigenvalue weighted by molar-refractivity contribution is -0.133. The number of hydrogen-bond donors (Lipinski definition) is 1. The van der Waals surface area contributed by atoms with Crippen LogP contribution in [0.15, 0.2) is 40.9 Å². The van der Waals surface area contributed by atoms with E-state index in [2.05, 4.69) is 34.4 Å². The van der Waals surface area contributed by atoms with E-state index >= 15 is 0 Å². The monoisotopic (exact) mass is 476 g/mol. The lowest BCUT2D eigenvalue weighted by Gasteiger charge is -2.40. The molecule has 2 fully saturated rings. The number of carbonyl (C=O) groups excluding carboxylic acids is 3. The molecule has 1 aromatic carbocycles. The molecule has 0 spiro atoms. The van der Waals surface area contributed by atoms with Crippen LogP contribution in [0.3, 0.4) is 0 Å². The summed E-state index contributed by atoms with van der Waals surface area (Å²) in [5, 5.41) is 6.96. The van der Waals surface area contributed by atoms with E-state index in [0.29, 0.717) is 50.2 Å². The van der Waals surface area contributed by atoms with Crippen LogP contribution in [0.4, 0.5) is 4.79 Å². The van der Waals surface area contributed by atoms with Crippen molar-refractivity contribution < 1.29 is 18.9 Å². The molecule has 2 aliphatic rings. The van der Waals surface area contributed by atoms with E-state index in [4.69, 9.17) is 4.52 Å². The number of amides is 4. The van der Waals surface area contributed by atoms with E-state index in [1.807, 2.05) is 25.1 Å². The molecule has 1 unspecified atom stereocenters. The molecular formula is C27H32N4O4. The Bertz CT molecular complexity index is 1120. The van der Waals surface area contributed by atoms with Crippen LogP contribution in [-0.2, 0) is 17.6 Å². The maximum absolute atomic E-state index is 13.6. The first-order valence-electron chi connectivity index (χ1n) is 12.3. The van der Waals surface area contributed by atoms with Crippen molar-refractivity contribution in [2.75, 3.05) is 19.6 Å². The lowest BCUT2D eigenvalue weighted by Crippen LogP contribution is -2.56. The van der Waals surface area contributed by atoms with Gasteiger partial charge in [-0.1, -0.05) is 48.3 Å². The van der Waals surface area contributed by atoms with Gasteiger partial charge in [-0.2, -0.15) is 0 Å². The molecule has 2 aliphatic heterocycles. The molecule has 35 heavy (non-hydrogen) atoms. The van der Waals surface area contributed by atoms with Gasteiger partial charge in [0.2, 0.25) is 0 Å². The quantitative estimate of drug-likeness (QED) is 0.465. The average Bonchev–Trinajstić information content (AvgIpc) is 3.46. The minimum atomic E-state index is -0.973. The first-order chi connectivity index (χ1) is 17.0. The lowest BCUT2D eigenvalue weighted by atomic mass is 9.74. The fraction of sp³-hybridized carbons (Fsp3) is 0.481. The maximum Gasteiger partial charge on any atom is 0.325 e. The van der Waals surface area contributed by atoms with Gasteiger partial charge in [-0.05, 0) is 50.5 Å². The van der Waals surface area contributed by atoms with Crippen LogP contribution in [0.2, 0.25) is 0 Å². The van der Waals surface area contributed by atoms with Gasteiger partial charge in [0, 0.05) is 25.6 Å². The van der Waals surface area contributed by atoms with E-state index in [9.17, 15) is 14.4 Å². The SMILES string of the molecule is CC#CCN1C(=O)NC(CCCc2ccccc2)(C2CCN(C(=O)c3cc(CC)on3)CC2)C1=O. The van der Waals surface area contributed by atoms with Crippen LogP contribution in [0, 0.1) is 17.8 Å². The van der Waals surface area contributed by atoms with Crippen LogP contribution < -0.4 is 5.32 Å². The van der Waals surface area contributed by atoms with Crippen molar-refractivity contribution in [3.63, 3.8) is 0 Å². The molecule has 8 nitrogen and oxygen atoms in total. The minimum Gasteiger partial charge on any atom is -0.361 e. The number of hydrogen-bond acceptors (Lipinski definition) is 5. The summed E-state index contributed by atoms with van der Waals surface area (Å²) >= 11 is 0. The van der Waals surface area contributed by atoms with E-state index in [1.54, 1.807) is 17.9 Å². The molecule has 0 radical (unpaired) electrons. The van der Waals surface area contributed by atoms with Crippen molar-refractivity contribution in [3.8, 4) is 11.8 Å². The number of aromatic nitrogens is 1. The Kier molecular flexibility index (Phi) is 7.54. The number of benzene rings is 1. The molecule has 184 valence electrons. The number of likely N-dealkylation sites (tertiary alicyclic amines) is 1. The second-order valence-corrected chi connectivity index (χ2v) is 9.16. The van der Waals surface area contributed by atoms with Crippen LogP contribution in [0.5, 0.6) is 0 Å². The third-order valence-corrected chi connectivity index (χ3v) is 7.10. The third-order valence-electron chi connectivity index (χ3n) is 7.10. The zero-order valence-electron chi connectivity index (χ0n) is 20.4. The summed E-state index contributed by atoms with van der Waals surface area (Å²) in [4.78, 5) is 42.3. The molecule has 2 saturated heterocycles. The van der Waals surface area contributed by atoms with Crippen molar-refractivity contribution in [1.82, 2.24) is 20.3 Å². The molecular weight excluding hydrogens is 444 g/mol. The normalized spacial score (nSPS) is 20.5. The average molecular weight is 477 g/mol. The summed E-state index contributed by atoms with van der Waals surface area (Å²) in [5.41, 5.74) is 0.541. The van der Waals surface area contributed by atoms with E-state index in [1.165, 1.54) is 10.5 Å². The van der Waals surface area contributed by atoms with Crippen LogP contribution in [0.1, 0.15) is 61.3 Å². The summed E-state index contributed by atoms with van der Waals surface area (Å²) in [6.07, 6.45) is 4.05. The van der Waals surface area contributed by atoms with Crippen LogP contribution in [-0.4, -0.2) is 58.0 Å². The summed E-state index contributed by atoms with van der Waals surface area (Å²) in [7, 11) is 0. The predicted molar refractivity (Wildman–Crippen MR) is 130 cm³/mol. The van der Waals surface area contributed by atoms with Crippen LogP contribution in [0.25, 0.3) is 0 Å². The Morgan fingerprint density at radius 1 is 1.23 bits per heavy atom. The molecule has 8 heteroatoms. The van der Waals surface area contributed by atoms with Gasteiger partial charge in [-0.3, -0.25) is 14.5 Å². The zero-order valence-corrected chi connectivity index (χ0v) is 20.4. The smallest absolute Gasteiger partial charge is 0.325 e. The highest BCUT2D eigenvalue weighted by molar-refractivity contribution is 6.07. The molecule has 1 atom stereocenters. The Balaban J connectivity index is 1.48. The number of piperidine rings is 1. The number of urea groups is 1. The Hall–Kier alpha value is -3.60. The number of imide groups is 1. The van der Waals surface area contributed by atoms with E-state index < -0.39 is 5.54 Å². The van der Waals surface area contributed by atoms with Gasteiger partial charge in [0.05, 0.1) is 6.54 Å². The number of nitrogens with zero attached hydrogens (tertiary/aromatic N) is 3. The number of aryl methyl sites for hydroxylation is 2. The van der Waals surface area contributed by atoms with Gasteiger partial charge in [0.15, 0.2) is 5.69 Å². The van der Waals surface area contributed by atoms with E-state index in [0.717, 1.165) is 12.8 Å². The number of nitrogens with one attached hydrogen (secondary N) is 1. The molecule has 0 bridgehead atoms. The first kappa shape index (κ1) is 24.5. The standard InChI is InChI=1S/C27H32N4O4/c1-3-5-16-31-25(33)27(28-26(31)34,15-9-12-20-10-7-6-8-11-20)21-13-17-30(18-14-21)24(32)23-19-22(4-2)35-29-23/h6-8,10-11,19,21H,4,9,12-18H2,1-2H3,(H,28,34). The number of carbonyl (C=O) groups is 3. The zero-order chi connectivity index (χ0) is 24.8. The van der Waals surface area contributed by atoms with Gasteiger partial charge in [0.25, 0.3) is 11.8 Å². The second-order valence-electron chi connectivity index (χ2n) is 9.16. The largest absolute Gasteiger partial charge is 0.361 e. The highest BCUT2D eigenvalue weighted by atomic mass is 16.5. The minimum absolute atomic E-state index is 0.0677. The fourth-order valence-corrected chi connectivity index (χ4v) is 5.13. The molecule has 1 aromatic heterocycles. The Morgan fingerprint density at radius 2 is 1.97 bits per heavy atom. The van der Waals surface area contributed by atoms with Gasteiger partial charge in [-0.25, -0.2) is 4.79 Å². The van der Waals surface area contributed by atoms with Gasteiger partial charge in [-0.15, -0.1) is 5.92 Å². The maximum atomic E-state index is 13.6. The third kappa shape index (κ3) is 5.09. The Morgan fingerprint density at radius 3 is 2.63 bits per heavy atom. The van der Waals surface area contributed by atoms with Gasteiger partial charge >= 0.3 is 6.03 Å². The molecule has 1 N–H and O–H groups in total. The Labute approximate surface area is 206 Å². The predicted octanol–water partition coefficient (Wildman–Crippen LogP) is 3.43. The summed E-state index contributed by atoms with van der Waals surface area (Å²) in [5.74, 6) is 5.86. The highest BCUT2D eigenvalue weighted by Gasteiger charge is 2.55. The molecule has 4 amide bonds. The fourth-order valence-electron chi connectivity index (χ4n) is 5.13. The summed E-state index contributed by atoms with van der Waals surface area (Å²) in [6, 6.07) is 11.4. The first-order valence-corrected chi connectivity index (χ1v) is 12.3. The van der Waals surface area contributed by atoms with Crippen LogP contribution >= 0.6 is 0 Å². The van der Waals surface area contributed by atoms with Crippen molar-refractivity contribution >= 4 is 17.8 Å². The molecule has 0 aliphatic carbocycles. The number of rotatable bonds is 8. The van der Waals surface area contributed by atoms with Crippen molar-refractivity contribution in [2.45, 2.75) is 57.9 Å². The second kappa shape index (κ2) is 10.8. The topological polar surface area (TPSA) is 95.8 Å². The van der Waals surface area contributed by atoms with Crippen molar-refractivity contribution in [3.05, 3.63) is 53.4 Å². The highest BCUT2D eigenvalue weighted by Crippen LogP contribution is 2.37.